The number of nitrogens with zero attached hydrogens (tertiary/aromatic N) is 3. The lowest BCUT2D eigenvalue weighted by molar-refractivity contribution is -0.140. The van der Waals surface area contributed by atoms with E-state index in [1.165, 1.54) is 9.91 Å². The van der Waals surface area contributed by atoms with E-state index < -0.39 is 23.5 Å². The number of hydrogen-bond acceptors (Lipinski definition) is 5. The van der Waals surface area contributed by atoms with Crippen molar-refractivity contribution in [3.8, 4) is 0 Å². The van der Waals surface area contributed by atoms with Crippen LogP contribution in [-0.2, 0) is 16.0 Å². The Morgan fingerprint density at radius 2 is 2.04 bits per heavy atom. The number of fused-ring (bicyclic) bond motifs is 1. The second-order valence-electron chi connectivity index (χ2n) is 7.14. The number of carbonyl (C=O) groups is 3. The molecular weight excluding hydrogens is 364 g/mol. The maximum Gasteiger partial charge on any atom is 0.405 e. The molecule has 0 aromatic heterocycles. The van der Waals surface area contributed by atoms with E-state index in [1.807, 2.05) is 30.3 Å². The van der Waals surface area contributed by atoms with Gasteiger partial charge in [0.15, 0.2) is 0 Å². The fourth-order valence-electron chi connectivity index (χ4n) is 3.97. The summed E-state index contributed by atoms with van der Waals surface area (Å²) in [5, 5.41) is 26.1. The molecule has 1 saturated heterocycles. The number of likely N-dealkylation sites (tertiary alicyclic amines) is 1. The average Bonchev–Trinajstić information content (AvgIpc) is 2.91. The number of rotatable bonds is 6. The highest BCUT2D eigenvalue weighted by molar-refractivity contribution is 6.13. The second kappa shape index (κ2) is 7.97. The lowest BCUT2D eigenvalue weighted by atomic mass is 9.73. The van der Waals surface area contributed by atoms with Gasteiger partial charge in [-0.25, -0.2) is 9.80 Å². The van der Waals surface area contributed by atoms with Crippen molar-refractivity contribution >= 4 is 23.6 Å². The molecule has 3 rings (SSSR count). The second-order valence-corrected chi connectivity index (χ2v) is 7.14. The number of benzene rings is 1. The Kier molecular flexibility index (Phi) is 5.64. The van der Waals surface area contributed by atoms with E-state index in [9.17, 15) is 19.5 Å². The third-order valence-electron chi connectivity index (χ3n) is 5.28. The van der Waals surface area contributed by atoms with Crippen molar-refractivity contribution in [3.05, 3.63) is 35.9 Å². The number of nitrogens with one attached hydrogen (secondary N) is 1. The fraction of sp³-hybridized carbons (Fsp3) is 0.474. The summed E-state index contributed by atoms with van der Waals surface area (Å²) in [6.45, 7) is 0.151. The number of hydrogen-bond donors (Lipinski definition) is 3. The molecule has 1 aromatic carbocycles. The predicted octanol–water partition coefficient (Wildman–Crippen LogP) is 0.294. The van der Waals surface area contributed by atoms with Crippen LogP contribution >= 0.6 is 0 Å². The Balaban J connectivity index is 1.87. The normalized spacial score (nSPS) is 22.5. The van der Waals surface area contributed by atoms with Crippen LogP contribution in [0.15, 0.2) is 35.4 Å². The van der Waals surface area contributed by atoms with Crippen molar-refractivity contribution in [3.63, 3.8) is 0 Å². The van der Waals surface area contributed by atoms with Gasteiger partial charge in [0.1, 0.15) is 11.5 Å². The van der Waals surface area contributed by atoms with E-state index in [4.69, 9.17) is 5.11 Å². The van der Waals surface area contributed by atoms with Gasteiger partial charge in [-0.3, -0.25) is 9.59 Å². The van der Waals surface area contributed by atoms with Crippen LogP contribution in [0.1, 0.15) is 18.4 Å². The minimum Gasteiger partial charge on any atom is -0.465 e. The number of hydrazone groups is 1. The highest BCUT2D eigenvalue weighted by Crippen LogP contribution is 2.38. The summed E-state index contributed by atoms with van der Waals surface area (Å²) in [5.41, 5.74) is 0.762. The van der Waals surface area contributed by atoms with Gasteiger partial charge >= 0.3 is 6.09 Å². The van der Waals surface area contributed by atoms with Crippen LogP contribution in [0.5, 0.6) is 0 Å². The maximum atomic E-state index is 13.0. The highest BCUT2D eigenvalue weighted by atomic mass is 16.4. The van der Waals surface area contributed by atoms with Crippen molar-refractivity contribution in [2.24, 2.45) is 10.5 Å². The lowest BCUT2D eigenvalue weighted by Crippen LogP contribution is -2.58. The fourth-order valence-corrected chi connectivity index (χ4v) is 3.97. The summed E-state index contributed by atoms with van der Waals surface area (Å²) in [5.74, 6) is -0.612. The van der Waals surface area contributed by atoms with Gasteiger partial charge in [-0.05, 0) is 18.4 Å². The standard InChI is InChI=1S/C19H24N4O5/c1-22-17(26)19(11-13-5-3-2-4-6-13)12-23(9-7-15(19)21-22)16(25)14(8-10-24)20-18(27)28/h2-6,14,20,24H,7-12H2,1H3,(H,27,28). The maximum absolute atomic E-state index is 13.0. The van der Waals surface area contributed by atoms with E-state index in [2.05, 4.69) is 10.4 Å². The number of amides is 3. The van der Waals surface area contributed by atoms with Crippen molar-refractivity contribution < 1.29 is 24.6 Å². The SMILES string of the molecule is CN1N=C2CCN(C(=O)C(CCO)NC(=O)O)CC2(Cc2ccccc2)C1=O. The first-order chi connectivity index (χ1) is 13.4. The molecule has 9 heteroatoms. The number of carboxylic acid groups (broad SMARTS) is 1. The Labute approximate surface area is 162 Å². The number of piperidine rings is 1. The van der Waals surface area contributed by atoms with Gasteiger partial charge < -0.3 is 20.4 Å². The van der Waals surface area contributed by atoms with Crippen molar-refractivity contribution in [1.29, 1.82) is 0 Å². The smallest absolute Gasteiger partial charge is 0.405 e. The topological polar surface area (TPSA) is 123 Å². The Morgan fingerprint density at radius 3 is 2.68 bits per heavy atom. The van der Waals surface area contributed by atoms with Gasteiger partial charge in [0, 0.05) is 33.2 Å². The Morgan fingerprint density at radius 1 is 1.32 bits per heavy atom. The molecular formula is C19H24N4O5. The van der Waals surface area contributed by atoms with E-state index in [-0.39, 0.29) is 25.5 Å². The molecule has 1 aromatic rings. The van der Waals surface area contributed by atoms with Gasteiger partial charge in [-0.1, -0.05) is 30.3 Å². The first-order valence-electron chi connectivity index (χ1n) is 9.16. The van der Waals surface area contributed by atoms with Crippen LogP contribution in [-0.4, -0.2) is 76.5 Å². The molecule has 28 heavy (non-hydrogen) atoms. The molecule has 3 amide bonds. The third-order valence-corrected chi connectivity index (χ3v) is 5.28. The minimum atomic E-state index is -1.33. The summed E-state index contributed by atoms with van der Waals surface area (Å²) >= 11 is 0. The first kappa shape index (κ1) is 19.8. The van der Waals surface area contributed by atoms with E-state index in [0.717, 1.165) is 11.3 Å². The molecule has 2 heterocycles. The average molecular weight is 388 g/mol. The van der Waals surface area contributed by atoms with E-state index in [1.54, 1.807) is 7.05 Å². The van der Waals surface area contributed by atoms with Gasteiger partial charge in [0.05, 0.1) is 5.71 Å². The molecule has 2 aliphatic heterocycles. The largest absolute Gasteiger partial charge is 0.465 e. The van der Waals surface area contributed by atoms with Crippen LogP contribution in [0.4, 0.5) is 4.79 Å². The molecule has 1 fully saturated rings. The lowest BCUT2D eigenvalue weighted by Gasteiger charge is -2.40. The van der Waals surface area contributed by atoms with Gasteiger partial charge in [-0.15, -0.1) is 0 Å². The molecule has 0 spiro atoms. The predicted molar refractivity (Wildman–Crippen MR) is 101 cm³/mol. The Bertz CT molecular complexity index is 797. The van der Waals surface area contributed by atoms with Gasteiger partial charge in [0.25, 0.3) is 5.91 Å². The molecule has 0 saturated carbocycles. The van der Waals surface area contributed by atoms with Gasteiger partial charge in [0.2, 0.25) is 5.91 Å². The van der Waals surface area contributed by atoms with Crippen molar-refractivity contribution in [1.82, 2.24) is 15.2 Å². The number of carbonyl (C=O) groups excluding carboxylic acids is 2. The van der Waals surface area contributed by atoms with Gasteiger partial charge in [-0.2, -0.15) is 5.10 Å². The summed E-state index contributed by atoms with van der Waals surface area (Å²) in [4.78, 5) is 38.5. The number of aliphatic hydroxyl groups excluding tert-OH is 1. The molecule has 2 atom stereocenters. The number of aliphatic hydroxyl groups is 1. The molecule has 0 aliphatic carbocycles. The molecule has 3 N–H and O–H groups in total. The summed E-state index contributed by atoms with van der Waals surface area (Å²) in [6, 6.07) is 8.49. The van der Waals surface area contributed by atoms with Crippen molar-refractivity contribution in [2.45, 2.75) is 25.3 Å². The summed E-state index contributed by atoms with van der Waals surface area (Å²) < 4.78 is 0. The molecule has 2 aliphatic rings. The van der Waals surface area contributed by atoms with E-state index >= 15 is 0 Å². The molecule has 0 radical (unpaired) electrons. The quantitative estimate of drug-likeness (QED) is 0.647. The highest BCUT2D eigenvalue weighted by Gasteiger charge is 2.53. The van der Waals surface area contributed by atoms with Crippen LogP contribution in [0.2, 0.25) is 0 Å². The molecule has 150 valence electrons. The molecule has 9 nitrogen and oxygen atoms in total. The zero-order valence-electron chi connectivity index (χ0n) is 15.7. The monoisotopic (exact) mass is 388 g/mol. The van der Waals surface area contributed by atoms with Crippen LogP contribution in [0.25, 0.3) is 0 Å². The van der Waals surface area contributed by atoms with Crippen LogP contribution in [0.3, 0.4) is 0 Å². The zero-order chi connectivity index (χ0) is 20.3. The first-order valence-corrected chi connectivity index (χ1v) is 9.16. The summed E-state index contributed by atoms with van der Waals surface area (Å²) in [6.07, 6.45) is -0.506. The van der Waals surface area contributed by atoms with Crippen molar-refractivity contribution in [2.75, 3.05) is 26.7 Å². The Hall–Kier alpha value is -2.94. The molecule has 0 bridgehead atoms. The van der Waals surface area contributed by atoms with E-state index in [0.29, 0.717) is 19.4 Å². The third kappa shape index (κ3) is 3.70. The minimum absolute atomic E-state index is 0.0257. The summed E-state index contributed by atoms with van der Waals surface area (Å²) in [7, 11) is 1.60. The van der Waals surface area contributed by atoms with Crippen LogP contribution in [0, 0.1) is 5.41 Å². The zero-order valence-corrected chi connectivity index (χ0v) is 15.7. The molecule has 2 unspecified atom stereocenters. The van der Waals surface area contributed by atoms with Crippen LogP contribution < -0.4 is 5.32 Å².